The number of amides is 1. The molecule has 7 rings (SSSR count). The largest absolute Gasteiger partial charge is 0.309 e. The van der Waals surface area contributed by atoms with Crippen LogP contribution in [-0.4, -0.2) is 16.3 Å². The first-order valence-corrected chi connectivity index (χ1v) is 13.7. The maximum atomic E-state index is 15.0. The summed E-state index contributed by atoms with van der Waals surface area (Å²) in [5.41, 5.74) is 1.09. The van der Waals surface area contributed by atoms with Crippen molar-refractivity contribution in [2.24, 2.45) is 0 Å². The third kappa shape index (κ3) is 3.53. The molecule has 0 saturated heterocycles. The van der Waals surface area contributed by atoms with Crippen molar-refractivity contribution in [1.82, 2.24) is 4.57 Å². The van der Waals surface area contributed by atoms with E-state index in [0.717, 1.165) is 0 Å². The first kappa shape index (κ1) is 25.7. The predicted octanol–water partition coefficient (Wildman–Crippen LogP) is 6.47. The Labute approximate surface area is 241 Å². The van der Waals surface area contributed by atoms with Crippen LogP contribution >= 0.6 is 0 Å². The average molecular weight is 559 g/mol. The van der Waals surface area contributed by atoms with Crippen LogP contribution in [0.15, 0.2) is 114 Å². The number of carbonyl (C=O) groups is 2. The monoisotopic (exact) mass is 558 g/mol. The number of hydrogen-bond donors (Lipinski definition) is 0. The van der Waals surface area contributed by atoms with Gasteiger partial charge in [-0.1, -0.05) is 36.4 Å². The smallest absolute Gasteiger partial charge is 0.248 e. The van der Waals surface area contributed by atoms with E-state index in [1.165, 1.54) is 23.1 Å². The summed E-state index contributed by atoms with van der Waals surface area (Å²) in [7, 11) is 0. The highest BCUT2D eigenvalue weighted by molar-refractivity contribution is 6.22. The number of benzene rings is 3. The van der Waals surface area contributed by atoms with E-state index in [-0.39, 0.29) is 29.9 Å². The van der Waals surface area contributed by atoms with E-state index < -0.39 is 23.0 Å². The predicted molar refractivity (Wildman–Crippen MR) is 154 cm³/mol. The van der Waals surface area contributed by atoms with Gasteiger partial charge in [0.2, 0.25) is 5.91 Å². The van der Waals surface area contributed by atoms with E-state index in [2.05, 4.69) is 6.07 Å². The molecule has 1 aliphatic carbocycles. The maximum Gasteiger partial charge on any atom is 0.248 e. The number of halogens is 2. The van der Waals surface area contributed by atoms with Crippen molar-refractivity contribution in [2.75, 3.05) is 9.80 Å². The highest BCUT2D eigenvalue weighted by atomic mass is 19.1. The number of Topliss-reactive ketones (excluding diaryl/α,β-unsaturated/α-hetero) is 1. The molecule has 0 bridgehead atoms. The fourth-order valence-corrected chi connectivity index (χ4v) is 6.62. The van der Waals surface area contributed by atoms with Crippen LogP contribution in [0.25, 0.3) is 5.82 Å². The average Bonchev–Trinajstić information content (AvgIpc) is 3.62. The number of para-hydroxylation sites is 1. The number of fused-ring (bicyclic) bond motifs is 3. The molecule has 0 unspecified atom stereocenters. The van der Waals surface area contributed by atoms with E-state index in [9.17, 15) is 23.6 Å². The lowest BCUT2D eigenvalue weighted by molar-refractivity contribution is -0.124. The van der Waals surface area contributed by atoms with Gasteiger partial charge in [-0.15, -0.1) is 0 Å². The van der Waals surface area contributed by atoms with E-state index in [0.29, 0.717) is 46.9 Å². The van der Waals surface area contributed by atoms with Gasteiger partial charge in [0, 0.05) is 52.6 Å². The minimum atomic E-state index is -1.74. The van der Waals surface area contributed by atoms with E-state index >= 15 is 0 Å². The minimum Gasteiger partial charge on any atom is -0.309 e. The van der Waals surface area contributed by atoms with Gasteiger partial charge in [0.05, 0.1) is 12.1 Å². The molecule has 0 N–H and O–H groups in total. The Hall–Kier alpha value is -5.29. The summed E-state index contributed by atoms with van der Waals surface area (Å²) in [6, 6.07) is 25.2. The topological polar surface area (TPSA) is 69.3 Å². The van der Waals surface area contributed by atoms with Gasteiger partial charge in [0.25, 0.3) is 0 Å². The zero-order valence-electron chi connectivity index (χ0n) is 22.4. The first-order chi connectivity index (χ1) is 20.5. The number of allylic oxidation sites excluding steroid dienone is 1. The summed E-state index contributed by atoms with van der Waals surface area (Å²) in [4.78, 5) is 32.3. The number of anilines is 2. The van der Waals surface area contributed by atoms with Crippen LogP contribution in [0.3, 0.4) is 0 Å². The van der Waals surface area contributed by atoms with Gasteiger partial charge in [0.15, 0.2) is 5.78 Å². The molecule has 1 amide bonds. The molecule has 3 aliphatic rings. The molecule has 0 saturated carbocycles. The van der Waals surface area contributed by atoms with Crippen molar-refractivity contribution in [2.45, 2.75) is 31.2 Å². The molecule has 0 radical (unpaired) electrons. The van der Waals surface area contributed by atoms with E-state index in [1.54, 1.807) is 71.6 Å². The van der Waals surface area contributed by atoms with Gasteiger partial charge in [-0.3, -0.25) is 14.5 Å². The zero-order chi connectivity index (χ0) is 29.0. The Bertz CT molecular complexity index is 1870. The van der Waals surface area contributed by atoms with Crippen molar-refractivity contribution in [1.29, 1.82) is 5.26 Å². The number of carbonyl (C=O) groups excluding carboxylic acids is 2. The van der Waals surface area contributed by atoms with Gasteiger partial charge in [-0.25, -0.2) is 8.78 Å². The second-order valence-electron chi connectivity index (χ2n) is 10.6. The maximum absolute atomic E-state index is 15.0. The lowest BCUT2D eigenvalue weighted by Gasteiger charge is -2.45. The molecule has 3 aromatic carbocycles. The second-order valence-corrected chi connectivity index (χ2v) is 10.6. The Morgan fingerprint density at radius 1 is 0.857 bits per heavy atom. The molecule has 6 nitrogen and oxygen atoms in total. The highest BCUT2D eigenvalue weighted by Gasteiger charge is 2.62. The summed E-state index contributed by atoms with van der Waals surface area (Å²) in [6.45, 7) is -0.0691. The van der Waals surface area contributed by atoms with Gasteiger partial charge in [-0.05, 0) is 61.4 Å². The van der Waals surface area contributed by atoms with Crippen molar-refractivity contribution in [3.05, 3.63) is 137 Å². The number of hydrogen-bond acceptors (Lipinski definition) is 4. The first-order valence-electron chi connectivity index (χ1n) is 13.7. The standard InChI is InChI=1S/C34H24F2N4O2/c35-23-14-16-24(17-15-23)40-29-12-7-13-30(41)31(29)34(26(20-37)32(40)38-18-5-6-19-38)25-9-2-4-11-28(25)39(33(34)42)21-22-8-1-3-10-27(22)36/h1-6,8-11,14-19H,7,12-13,21H2/t34-/m0/s1. The lowest BCUT2D eigenvalue weighted by atomic mass is 9.63. The molecule has 4 aromatic rings. The molecule has 0 fully saturated rings. The number of ketones is 1. The van der Waals surface area contributed by atoms with Crippen LogP contribution in [-0.2, 0) is 21.5 Å². The molecule has 1 spiro atoms. The lowest BCUT2D eigenvalue weighted by Crippen LogP contribution is -2.51. The number of nitrogens with zero attached hydrogens (tertiary/aromatic N) is 4. The number of rotatable bonds is 4. The van der Waals surface area contributed by atoms with Crippen molar-refractivity contribution in [3.63, 3.8) is 0 Å². The highest BCUT2D eigenvalue weighted by Crippen LogP contribution is 2.58. The number of nitriles is 1. The normalized spacial score (nSPS) is 19.8. The molecular formula is C34H24F2N4O2. The molecule has 3 heterocycles. The van der Waals surface area contributed by atoms with Gasteiger partial charge in [-0.2, -0.15) is 5.26 Å². The third-order valence-electron chi connectivity index (χ3n) is 8.34. The zero-order valence-corrected chi connectivity index (χ0v) is 22.4. The molecular weight excluding hydrogens is 534 g/mol. The summed E-state index contributed by atoms with van der Waals surface area (Å²) < 4.78 is 30.7. The molecule has 206 valence electrons. The Morgan fingerprint density at radius 3 is 2.31 bits per heavy atom. The molecule has 1 aromatic heterocycles. The minimum absolute atomic E-state index is 0.0691. The Balaban J connectivity index is 1.57. The fourth-order valence-electron chi connectivity index (χ4n) is 6.62. The van der Waals surface area contributed by atoms with Crippen LogP contribution in [0.1, 0.15) is 30.4 Å². The third-order valence-corrected chi connectivity index (χ3v) is 8.34. The van der Waals surface area contributed by atoms with Crippen LogP contribution in [0.2, 0.25) is 0 Å². The van der Waals surface area contributed by atoms with Crippen LogP contribution in [0, 0.1) is 23.0 Å². The summed E-state index contributed by atoms with van der Waals surface area (Å²) in [5.74, 6) is -1.18. The fraction of sp³-hybridized carbons (Fsp3) is 0.147. The van der Waals surface area contributed by atoms with Gasteiger partial charge >= 0.3 is 0 Å². The molecule has 1 atom stereocenters. The summed E-state index contributed by atoms with van der Waals surface area (Å²) >= 11 is 0. The van der Waals surface area contributed by atoms with Crippen molar-refractivity contribution in [3.8, 4) is 6.07 Å². The second kappa shape index (κ2) is 9.67. The number of aromatic nitrogens is 1. The summed E-state index contributed by atoms with van der Waals surface area (Å²) in [6.07, 6.45) is 4.79. The van der Waals surface area contributed by atoms with Gasteiger partial charge in [0.1, 0.15) is 28.9 Å². The molecule has 42 heavy (non-hydrogen) atoms. The van der Waals surface area contributed by atoms with Crippen molar-refractivity contribution < 1.29 is 18.4 Å². The van der Waals surface area contributed by atoms with Crippen LogP contribution in [0.4, 0.5) is 20.2 Å². The van der Waals surface area contributed by atoms with Gasteiger partial charge < -0.3 is 9.47 Å². The quantitative estimate of drug-likeness (QED) is 0.288. The van der Waals surface area contributed by atoms with E-state index in [4.69, 9.17) is 0 Å². The van der Waals surface area contributed by atoms with Crippen LogP contribution in [0.5, 0.6) is 0 Å². The SMILES string of the molecule is N#CC1=C(n2cccc2)N(c2ccc(F)cc2)C2=C(C(=O)CCC2)[C@@]12C(=O)N(Cc1ccccc1F)c1ccccc12. The van der Waals surface area contributed by atoms with E-state index in [1.807, 2.05) is 17.0 Å². The molecule has 8 heteroatoms. The molecule has 2 aliphatic heterocycles. The Morgan fingerprint density at radius 2 is 1.57 bits per heavy atom. The van der Waals surface area contributed by atoms with Crippen molar-refractivity contribution >= 4 is 28.9 Å². The Kier molecular flexibility index (Phi) is 5.91. The summed E-state index contributed by atoms with van der Waals surface area (Å²) in [5, 5.41) is 11.0. The van der Waals surface area contributed by atoms with Crippen LogP contribution < -0.4 is 9.80 Å².